The van der Waals surface area contributed by atoms with Crippen LogP contribution in [0.1, 0.15) is 19.5 Å². The molecule has 0 aliphatic rings. The molecular weight excluding hydrogens is 148 g/mol. The van der Waals surface area contributed by atoms with Gasteiger partial charge >= 0.3 is 0 Å². The Balaban J connectivity index is 2.77. The summed E-state index contributed by atoms with van der Waals surface area (Å²) in [5.74, 6) is 0. The van der Waals surface area contributed by atoms with E-state index in [1.54, 1.807) is 0 Å². The maximum absolute atomic E-state index is 8.68. The third-order valence-electron chi connectivity index (χ3n) is 1.64. The number of nitriles is 1. The molecule has 0 bridgehead atoms. The Morgan fingerprint density at radius 3 is 3.00 bits per heavy atom. The second kappa shape index (κ2) is 3.77. The van der Waals surface area contributed by atoms with Crippen molar-refractivity contribution in [3.63, 3.8) is 0 Å². The Labute approximate surface area is 72.7 Å². The predicted molar refractivity (Wildman–Crippen MR) is 48.6 cm³/mol. The maximum atomic E-state index is 8.68. The zero-order valence-electron chi connectivity index (χ0n) is 7.41. The minimum Gasteiger partial charge on any atom is -0.336 e. The molecule has 1 rings (SSSR count). The number of hydrogen-bond donors (Lipinski definition) is 0. The highest BCUT2D eigenvalue weighted by atomic mass is 15.0. The molecule has 0 amide bonds. The topological polar surface area (TPSA) is 28.7 Å². The van der Waals surface area contributed by atoms with Crippen LogP contribution >= 0.6 is 0 Å². The van der Waals surface area contributed by atoms with Gasteiger partial charge in [0.25, 0.3) is 0 Å². The van der Waals surface area contributed by atoms with Gasteiger partial charge in [-0.1, -0.05) is 11.6 Å². The fourth-order valence-corrected chi connectivity index (χ4v) is 0.956. The van der Waals surface area contributed by atoms with Gasteiger partial charge in [0, 0.05) is 12.7 Å². The first-order valence-corrected chi connectivity index (χ1v) is 3.92. The highest BCUT2D eigenvalue weighted by molar-refractivity contribution is 5.22. The largest absolute Gasteiger partial charge is 0.336 e. The van der Waals surface area contributed by atoms with Crippen molar-refractivity contribution < 1.29 is 0 Å². The summed E-state index contributed by atoms with van der Waals surface area (Å²) in [5, 5.41) is 8.68. The number of allylic oxidation sites excluding steroid dienone is 2. The van der Waals surface area contributed by atoms with E-state index in [1.165, 1.54) is 5.57 Å². The molecule has 2 heteroatoms. The first-order chi connectivity index (χ1) is 5.74. The fraction of sp³-hybridized carbons (Fsp3) is 0.300. The fourth-order valence-electron chi connectivity index (χ4n) is 0.956. The van der Waals surface area contributed by atoms with E-state index >= 15 is 0 Å². The smallest absolute Gasteiger partial charge is 0.120 e. The minimum atomic E-state index is 0.715. The molecule has 0 spiro atoms. The molecule has 0 aromatic carbocycles. The van der Waals surface area contributed by atoms with Gasteiger partial charge in [-0.15, -0.1) is 0 Å². The molecule has 1 heterocycles. The van der Waals surface area contributed by atoms with Crippen molar-refractivity contribution in [3.8, 4) is 6.07 Å². The molecule has 0 saturated heterocycles. The molecule has 0 aliphatic carbocycles. The summed E-state index contributed by atoms with van der Waals surface area (Å²) < 4.78 is 1.92. The van der Waals surface area contributed by atoms with Crippen molar-refractivity contribution in [2.45, 2.75) is 20.4 Å². The van der Waals surface area contributed by atoms with Crippen LogP contribution in [0.25, 0.3) is 0 Å². The van der Waals surface area contributed by atoms with E-state index in [1.807, 2.05) is 22.9 Å². The van der Waals surface area contributed by atoms with E-state index in [2.05, 4.69) is 26.0 Å². The first-order valence-electron chi connectivity index (χ1n) is 3.92. The number of rotatable bonds is 2. The molecule has 1 aromatic heterocycles. The lowest BCUT2D eigenvalue weighted by Crippen LogP contribution is -1.96. The highest BCUT2D eigenvalue weighted by Crippen LogP contribution is 2.01. The Bertz CT molecular complexity index is 322. The van der Waals surface area contributed by atoms with E-state index in [4.69, 9.17) is 5.26 Å². The summed E-state index contributed by atoms with van der Waals surface area (Å²) in [6.07, 6.45) is 4.01. The molecule has 12 heavy (non-hydrogen) atoms. The highest BCUT2D eigenvalue weighted by Gasteiger charge is 1.95. The molecule has 62 valence electrons. The first kappa shape index (κ1) is 8.61. The van der Waals surface area contributed by atoms with Gasteiger partial charge in [-0.2, -0.15) is 5.26 Å². The summed E-state index contributed by atoms with van der Waals surface area (Å²) in [5.41, 5.74) is 1.99. The number of hydrogen-bond acceptors (Lipinski definition) is 1. The van der Waals surface area contributed by atoms with Crippen molar-refractivity contribution in [2.24, 2.45) is 0 Å². The average molecular weight is 160 g/mol. The van der Waals surface area contributed by atoms with Gasteiger partial charge in [-0.05, 0) is 26.0 Å². The lowest BCUT2D eigenvalue weighted by Gasteiger charge is -1.99. The summed E-state index contributed by atoms with van der Waals surface area (Å²) in [4.78, 5) is 0. The van der Waals surface area contributed by atoms with Crippen molar-refractivity contribution in [2.75, 3.05) is 0 Å². The van der Waals surface area contributed by atoms with Crippen LogP contribution in [0, 0.1) is 11.3 Å². The number of nitrogens with zero attached hydrogens (tertiary/aromatic N) is 2. The molecule has 0 radical (unpaired) electrons. The summed E-state index contributed by atoms with van der Waals surface area (Å²) >= 11 is 0. The van der Waals surface area contributed by atoms with Crippen LogP contribution in [0.2, 0.25) is 0 Å². The van der Waals surface area contributed by atoms with Gasteiger partial charge in [0.1, 0.15) is 11.8 Å². The maximum Gasteiger partial charge on any atom is 0.120 e. The van der Waals surface area contributed by atoms with E-state index < -0.39 is 0 Å². The second-order valence-electron chi connectivity index (χ2n) is 2.94. The molecule has 2 nitrogen and oxygen atoms in total. The third kappa shape index (κ3) is 2.00. The molecule has 0 saturated carbocycles. The van der Waals surface area contributed by atoms with Gasteiger partial charge < -0.3 is 4.57 Å². The predicted octanol–water partition coefficient (Wildman–Crippen LogP) is 2.33. The molecule has 0 fully saturated rings. The molecule has 1 aromatic rings. The Morgan fingerprint density at radius 1 is 1.67 bits per heavy atom. The van der Waals surface area contributed by atoms with Gasteiger partial charge in [0.2, 0.25) is 0 Å². The molecule has 0 aliphatic heterocycles. The Morgan fingerprint density at radius 2 is 2.42 bits per heavy atom. The average Bonchev–Trinajstić information content (AvgIpc) is 2.47. The van der Waals surface area contributed by atoms with Gasteiger partial charge in [-0.25, -0.2) is 0 Å². The van der Waals surface area contributed by atoms with Crippen LogP contribution in [0.4, 0.5) is 0 Å². The summed E-state index contributed by atoms with van der Waals surface area (Å²) in [6, 6.07) is 5.84. The van der Waals surface area contributed by atoms with Crippen LogP contribution in [0.15, 0.2) is 30.0 Å². The quantitative estimate of drug-likeness (QED) is 0.610. The molecular formula is C10H12N2. The van der Waals surface area contributed by atoms with Crippen molar-refractivity contribution >= 4 is 0 Å². The van der Waals surface area contributed by atoms with Crippen LogP contribution in [0.5, 0.6) is 0 Å². The van der Waals surface area contributed by atoms with E-state index in [0.29, 0.717) is 5.69 Å². The number of aromatic nitrogens is 1. The lowest BCUT2D eigenvalue weighted by molar-refractivity contribution is 0.810. The molecule has 0 unspecified atom stereocenters. The Hall–Kier alpha value is -1.49. The van der Waals surface area contributed by atoms with Gasteiger partial charge in [0.15, 0.2) is 0 Å². The van der Waals surface area contributed by atoms with E-state index in [9.17, 15) is 0 Å². The monoisotopic (exact) mass is 160 g/mol. The van der Waals surface area contributed by atoms with Crippen molar-refractivity contribution in [1.29, 1.82) is 5.26 Å². The van der Waals surface area contributed by atoms with E-state index in [0.717, 1.165) is 6.54 Å². The van der Waals surface area contributed by atoms with E-state index in [-0.39, 0.29) is 0 Å². The van der Waals surface area contributed by atoms with Crippen LogP contribution in [-0.2, 0) is 6.54 Å². The minimum absolute atomic E-state index is 0.715. The molecule has 0 atom stereocenters. The summed E-state index contributed by atoms with van der Waals surface area (Å²) in [7, 11) is 0. The molecule has 0 N–H and O–H groups in total. The van der Waals surface area contributed by atoms with Gasteiger partial charge in [0.05, 0.1) is 0 Å². The zero-order valence-corrected chi connectivity index (χ0v) is 7.41. The Kier molecular flexibility index (Phi) is 2.71. The lowest BCUT2D eigenvalue weighted by atomic mass is 10.3. The second-order valence-corrected chi connectivity index (χ2v) is 2.94. The third-order valence-corrected chi connectivity index (χ3v) is 1.64. The zero-order chi connectivity index (χ0) is 8.97. The SMILES string of the molecule is CC(C)=CCn1cccc1C#N. The standard InChI is InChI=1S/C10H12N2/c1-9(2)5-7-12-6-3-4-10(12)8-11/h3-6H,7H2,1-2H3. The van der Waals surface area contributed by atoms with Crippen LogP contribution in [-0.4, -0.2) is 4.57 Å². The van der Waals surface area contributed by atoms with Crippen molar-refractivity contribution in [1.82, 2.24) is 4.57 Å². The van der Waals surface area contributed by atoms with Crippen LogP contribution in [0.3, 0.4) is 0 Å². The van der Waals surface area contributed by atoms with Crippen molar-refractivity contribution in [3.05, 3.63) is 35.7 Å². The van der Waals surface area contributed by atoms with Gasteiger partial charge in [-0.3, -0.25) is 0 Å². The summed E-state index contributed by atoms with van der Waals surface area (Å²) in [6.45, 7) is 4.89. The van der Waals surface area contributed by atoms with Crippen LogP contribution < -0.4 is 0 Å². The normalized spacial score (nSPS) is 9.08.